The Balaban J connectivity index is 1.35. The van der Waals surface area contributed by atoms with Crippen molar-refractivity contribution in [2.24, 2.45) is 0 Å². The van der Waals surface area contributed by atoms with Crippen molar-refractivity contribution in [3.8, 4) is 0 Å². The molecule has 1 aromatic carbocycles. The largest absolute Gasteiger partial charge is 0.394 e. The number of nitrogens with zero attached hydrogens (tertiary/aromatic N) is 3. The van der Waals surface area contributed by atoms with Crippen molar-refractivity contribution in [3.63, 3.8) is 0 Å². The second-order valence-corrected chi connectivity index (χ2v) is 10.4. The van der Waals surface area contributed by atoms with Crippen LogP contribution in [0.15, 0.2) is 29.2 Å². The van der Waals surface area contributed by atoms with Crippen molar-refractivity contribution in [2.45, 2.75) is 55.0 Å². The number of hydrogen-bond donors (Lipinski definition) is 2. The van der Waals surface area contributed by atoms with Gasteiger partial charge in [0.1, 0.15) is 4.90 Å². The summed E-state index contributed by atoms with van der Waals surface area (Å²) in [6, 6.07) is 8.35. The molecule has 3 aliphatic rings. The summed E-state index contributed by atoms with van der Waals surface area (Å²) in [6.45, 7) is 2.03. The number of rotatable bonds is 5. The summed E-state index contributed by atoms with van der Waals surface area (Å²) in [5, 5.41) is 19.0. The Morgan fingerprint density at radius 2 is 1.97 bits per heavy atom. The fourth-order valence-electron chi connectivity index (χ4n) is 4.79. The number of aliphatic hydroxyl groups excluding tert-OH is 1. The van der Waals surface area contributed by atoms with E-state index in [0.29, 0.717) is 11.8 Å². The van der Waals surface area contributed by atoms with Gasteiger partial charge in [0.15, 0.2) is 5.82 Å². The van der Waals surface area contributed by atoms with Crippen LogP contribution in [0.5, 0.6) is 0 Å². The van der Waals surface area contributed by atoms with Crippen LogP contribution in [0.4, 0.5) is 11.5 Å². The van der Waals surface area contributed by atoms with Crippen LogP contribution in [0.25, 0.3) is 0 Å². The first kappa shape index (κ1) is 19.4. The number of aliphatic hydroxyl groups is 1. The number of halogens is 1. The van der Waals surface area contributed by atoms with Crippen molar-refractivity contribution in [2.75, 3.05) is 35.7 Å². The lowest BCUT2D eigenvalue weighted by Crippen LogP contribution is -2.48. The Hall–Kier alpha value is -1.57. The molecule has 0 amide bonds. The smallest absolute Gasteiger partial charge is 0.165 e. The molecule has 29 heavy (non-hydrogen) atoms. The van der Waals surface area contributed by atoms with Crippen LogP contribution in [-0.4, -0.2) is 50.1 Å². The molecular formula is C21H27ClN4O2S. The van der Waals surface area contributed by atoms with Crippen LogP contribution >= 0.6 is 11.6 Å². The van der Waals surface area contributed by atoms with Gasteiger partial charge in [0.2, 0.25) is 0 Å². The molecule has 6 nitrogen and oxygen atoms in total. The van der Waals surface area contributed by atoms with Gasteiger partial charge in [-0.1, -0.05) is 11.6 Å². The maximum atomic E-state index is 12.7. The quantitative estimate of drug-likeness (QED) is 0.755. The van der Waals surface area contributed by atoms with Gasteiger partial charge in [0, 0.05) is 36.0 Å². The van der Waals surface area contributed by atoms with Gasteiger partial charge < -0.3 is 15.3 Å². The zero-order valence-electron chi connectivity index (χ0n) is 16.4. The summed E-state index contributed by atoms with van der Waals surface area (Å²) >= 11 is 6.02. The summed E-state index contributed by atoms with van der Waals surface area (Å²) in [5.74, 6) is 1.42. The Morgan fingerprint density at radius 1 is 1.24 bits per heavy atom. The van der Waals surface area contributed by atoms with Crippen LogP contribution in [0, 0.1) is 0 Å². The van der Waals surface area contributed by atoms with E-state index in [4.69, 9.17) is 16.7 Å². The zero-order valence-corrected chi connectivity index (χ0v) is 18.0. The molecule has 0 radical (unpaired) electrons. The second-order valence-electron chi connectivity index (χ2n) is 8.48. The summed E-state index contributed by atoms with van der Waals surface area (Å²) in [4.78, 5) is 3.27. The highest BCUT2D eigenvalue weighted by Crippen LogP contribution is 2.40. The molecule has 1 unspecified atom stereocenters. The van der Waals surface area contributed by atoms with E-state index in [2.05, 4.69) is 27.0 Å². The SMILES string of the molecule is O=S1CCc2c1c(NC1(CO)CCC1)nn2C1CCN(c2ccc(Cl)cc2)CC1. The zero-order chi connectivity index (χ0) is 20.0. The summed E-state index contributed by atoms with van der Waals surface area (Å²) in [7, 11) is -0.997. The first-order chi connectivity index (χ1) is 14.1. The van der Waals surface area contributed by atoms with Gasteiger partial charge in [-0.2, -0.15) is 5.10 Å². The van der Waals surface area contributed by atoms with Crippen molar-refractivity contribution < 1.29 is 9.32 Å². The predicted molar refractivity (Wildman–Crippen MR) is 116 cm³/mol. The lowest BCUT2D eigenvalue weighted by Gasteiger charge is -2.41. The van der Waals surface area contributed by atoms with E-state index in [9.17, 15) is 9.32 Å². The lowest BCUT2D eigenvalue weighted by molar-refractivity contribution is 0.143. The first-order valence-electron chi connectivity index (χ1n) is 10.5. The number of benzene rings is 1. The number of aromatic nitrogens is 2. The molecule has 5 rings (SSSR count). The molecule has 1 saturated carbocycles. The average Bonchev–Trinajstić information content (AvgIpc) is 3.26. The van der Waals surface area contributed by atoms with Gasteiger partial charge in [-0.25, -0.2) is 0 Å². The molecule has 3 heterocycles. The lowest BCUT2D eigenvalue weighted by atomic mass is 9.77. The summed E-state index contributed by atoms with van der Waals surface area (Å²) in [6.07, 6.45) is 5.83. The van der Waals surface area contributed by atoms with Crippen molar-refractivity contribution in [3.05, 3.63) is 35.0 Å². The number of fused-ring (bicyclic) bond motifs is 1. The fourth-order valence-corrected chi connectivity index (χ4v) is 6.27. The van der Waals surface area contributed by atoms with Gasteiger partial charge in [0.05, 0.1) is 34.7 Å². The summed E-state index contributed by atoms with van der Waals surface area (Å²) < 4.78 is 14.8. The molecule has 0 spiro atoms. The predicted octanol–water partition coefficient (Wildman–Crippen LogP) is 3.37. The number of nitrogens with one attached hydrogen (secondary N) is 1. The van der Waals surface area contributed by atoms with Gasteiger partial charge in [0.25, 0.3) is 0 Å². The third-order valence-corrected chi connectivity index (χ3v) is 8.42. The first-order valence-corrected chi connectivity index (χ1v) is 12.2. The van der Waals surface area contributed by atoms with Crippen LogP contribution < -0.4 is 10.2 Å². The Kier molecular flexibility index (Phi) is 5.08. The molecule has 2 aliphatic heterocycles. The number of piperidine rings is 1. The van der Waals surface area contributed by atoms with E-state index in [1.54, 1.807) is 0 Å². The van der Waals surface area contributed by atoms with Gasteiger partial charge >= 0.3 is 0 Å². The third-order valence-electron chi connectivity index (χ3n) is 6.71. The van der Waals surface area contributed by atoms with Crippen LogP contribution in [0.3, 0.4) is 0 Å². The van der Waals surface area contributed by atoms with Gasteiger partial charge in [-0.15, -0.1) is 0 Å². The monoisotopic (exact) mass is 434 g/mol. The van der Waals surface area contributed by atoms with Crippen molar-refractivity contribution in [1.82, 2.24) is 9.78 Å². The average molecular weight is 435 g/mol. The van der Waals surface area contributed by atoms with E-state index < -0.39 is 10.8 Å². The number of hydrogen-bond acceptors (Lipinski definition) is 5. The number of anilines is 2. The topological polar surface area (TPSA) is 70.4 Å². The molecule has 2 fully saturated rings. The molecule has 1 aliphatic carbocycles. The maximum absolute atomic E-state index is 12.7. The van der Waals surface area contributed by atoms with Gasteiger partial charge in [-0.05, 0) is 56.4 Å². The highest BCUT2D eigenvalue weighted by Gasteiger charge is 2.40. The maximum Gasteiger partial charge on any atom is 0.165 e. The fraction of sp³-hybridized carbons (Fsp3) is 0.571. The van der Waals surface area contributed by atoms with Crippen LogP contribution in [0.1, 0.15) is 43.8 Å². The van der Waals surface area contributed by atoms with Crippen LogP contribution in [-0.2, 0) is 17.2 Å². The van der Waals surface area contributed by atoms with Crippen molar-refractivity contribution >= 4 is 33.9 Å². The molecule has 8 heteroatoms. The third kappa shape index (κ3) is 3.47. The highest BCUT2D eigenvalue weighted by atomic mass is 35.5. The molecule has 1 aromatic heterocycles. The van der Waals surface area contributed by atoms with E-state index in [1.807, 2.05) is 12.1 Å². The molecular weight excluding hydrogens is 408 g/mol. The minimum Gasteiger partial charge on any atom is -0.394 e. The highest BCUT2D eigenvalue weighted by molar-refractivity contribution is 7.85. The Labute approximate surface area is 178 Å². The molecule has 2 N–H and O–H groups in total. The minimum absolute atomic E-state index is 0.0980. The van der Waals surface area contributed by atoms with E-state index in [1.165, 1.54) is 5.69 Å². The molecule has 1 saturated heterocycles. The Bertz CT molecular complexity index is 912. The van der Waals surface area contributed by atoms with E-state index in [-0.39, 0.29) is 12.1 Å². The normalized spacial score (nSPS) is 23.7. The molecule has 0 bridgehead atoms. The summed E-state index contributed by atoms with van der Waals surface area (Å²) in [5.41, 5.74) is 2.05. The Morgan fingerprint density at radius 3 is 2.59 bits per heavy atom. The van der Waals surface area contributed by atoms with Crippen molar-refractivity contribution in [1.29, 1.82) is 0 Å². The van der Waals surface area contributed by atoms with E-state index in [0.717, 1.165) is 73.0 Å². The second kappa shape index (κ2) is 7.60. The van der Waals surface area contributed by atoms with Crippen LogP contribution in [0.2, 0.25) is 5.02 Å². The minimum atomic E-state index is -0.997. The molecule has 1 atom stereocenters. The molecule has 156 valence electrons. The molecule has 2 aromatic rings. The van der Waals surface area contributed by atoms with E-state index >= 15 is 0 Å². The van der Waals surface area contributed by atoms with Gasteiger partial charge in [-0.3, -0.25) is 8.89 Å². The standard InChI is InChI=1S/C21H27ClN4O2S/c22-15-2-4-16(5-3-15)25-11-6-17(7-12-25)26-18-8-13-29(28)19(18)20(24-26)23-21(14-27)9-1-10-21/h2-5,17,27H,1,6-14H2,(H,23,24).